The Morgan fingerprint density at radius 3 is 2.56 bits per heavy atom. The minimum absolute atomic E-state index is 0.445. The Labute approximate surface area is 112 Å². The molecule has 1 nitrogen and oxygen atoms in total. The van der Waals surface area contributed by atoms with Crippen LogP contribution in [0.2, 0.25) is 5.02 Å². The Bertz CT molecular complexity index is 365. The van der Waals surface area contributed by atoms with E-state index in [4.69, 9.17) is 11.6 Å². The molecule has 0 radical (unpaired) electrons. The van der Waals surface area contributed by atoms with Crippen molar-refractivity contribution >= 4 is 33.2 Å². The van der Waals surface area contributed by atoms with Gasteiger partial charge in [0.2, 0.25) is 0 Å². The summed E-state index contributed by atoms with van der Waals surface area (Å²) in [7, 11) is 0. The van der Waals surface area contributed by atoms with Gasteiger partial charge in [0, 0.05) is 15.5 Å². The van der Waals surface area contributed by atoms with Crippen LogP contribution in [-0.4, -0.2) is 6.04 Å². The van der Waals surface area contributed by atoms with Crippen LogP contribution < -0.4 is 5.32 Å². The fourth-order valence-electron chi connectivity index (χ4n) is 1.50. The van der Waals surface area contributed by atoms with Gasteiger partial charge in [-0.1, -0.05) is 31.9 Å². The van der Waals surface area contributed by atoms with Gasteiger partial charge in [0.25, 0.3) is 0 Å². The van der Waals surface area contributed by atoms with Crippen molar-refractivity contribution in [3.05, 3.63) is 27.2 Å². The monoisotopic (exact) mass is 303 g/mol. The second-order valence-corrected chi connectivity index (χ2v) is 5.66. The quantitative estimate of drug-likeness (QED) is 0.800. The van der Waals surface area contributed by atoms with Crippen molar-refractivity contribution in [1.82, 2.24) is 0 Å². The van der Waals surface area contributed by atoms with Crippen molar-refractivity contribution in [1.29, 1.82) is 0 Å². The van der Waals surface area contributed by atoms with Crippen molar-refractivity contribution in [3.8, 4) is 0 Å². The van der Waals surface area contributed by atoms with Crippen LogP contribution in [0, 0.1) is 12.8 Å². The van der Waals surface area contributed by atoms with Crippen molar-refractivity contribution in [2.24, 2.45) is 5.92 Å². The molecule has 0 aliphatic rings. The van der Waals surface area contributed by atoms with Crippen LogP contribution in [0.1, 0.15) is 32.8 Å². The van der Waals surface area contributed by atoms with Crippen LogP contribution in [0.5, 0.6) is 0 Å². The van der Waals surface area contributed by atoms with Crippen LogP contribution in [0.25, 0.3) is 0 Å². The van der Waals surface area contributed by atoms with Crippen molar-refractivity contribution in [2.75, 3.05) is 5.32 Å². The van der Waals surface area contributed by atoms with E-state index in [2.05, 4.69) is 42.0 Å². The second-order valence-electron chi connectivity index (χ2n) is 4.40. The molecule has 1 aromatic rings. The molecule has 0 aliphatic heterocycles. The van der Waals surface area contributed by atoms with E-state index in [0.29, 0.717) is 12.0 Å². The molecule has 1 rings (SSSR count). The fourth-order valence-corrected chi connectivity index (χ4v) is 2.23. The molecule has 16 heavy (non-hydrogen) atoms. The summed E-state index contributed by atoms with van der Waals surface area (Å²) in [5, 5.41) is 4.31. The van der Waals surface area contributed by atoms with Crippen LogP contribution in [-0.2, 0) is 0 Å². The summed E-state index contributed by atoms with van der Waals surface area (Å²) >= 11 is 9.68. The highest BCUT2D eigenvalue weighted by atomic mass is 79.9. The molecule has 0 amide bonds. The lowest BCUT2D eigenvalue weighted by Gasteiger charge is -2.22. The van der Waals surface area contributed by atoms with E-state index in [9.17, 15) is 0 Å². The largest absolute Gasteiger partial charge is 0.381 e. The number of aryl methyl sites for hydroxylation is 1. The molecule has 0 spiro atoms. The van der Waals surface area contributed by atoms with Gasteiger partial charge in [0.05, 0.1) is 5.69 Å². The molecule has 3 heteroatoms. The van der Waals surface area contributed by atoms with E-state index >= 15 is 0 Å². The zero-order chi connectivity index (χ0) is 12.3. The average molecular weight is 305 g/mol. The SMILES string of the molecule is CCC(C)C(C)Nc1cc(Cl)c(C)cc1Br. The second kappa shape index (κ2) is 5.92. The van der Waals surface area contributed by atoms with Crippen LogP contribution in [0.3, 0.4) is 0 Å². The first kappa shape index (κ1) is 13.9. The lowest BCUT2D eigenvalue weighted by atomic mass is 10.0. The van der Waals surface area contributed by atoms with Gasteiger partial charge in [-0.2, -0.15) is 0 Å². The number of hydrogen-bond donors (Lipinski definition) is 1. The Balaban J connectivity index is 2.85. The Morgan fingerprint density at radius 1 is 1.38 bits per heavy atom. The van der Waals surface area contributed by atoms with Crippen molar-refractivity contribution in [3.63, 3.8) is 0 Å². The smallest absolute Gasteiger partial charge is 0.0501 e. The molecular formula is C13H19BrClN. The van der Waals surface area contributed by atoms with Gasteiger partial charge < -0.3 is 5.32 Å². The normalized spacial score (nSPS) is 14.6. The highest BCUT2D eigenvalue weighted by Crippen LogP contribution is 2.30. The molecule has 0 heterocycles. The lowest BCUT2D eigenvalue weighted by Crippen LogP contribution is -2.23. The molecule has 0 fully saturated rings. The molecule has 0 bridgehead atoms. The van der Waals surface area contributed by atoms with Gasteiger partial charge in [0.15, 0.2) is 0 Å². The third-order valence-electron chi connectivity index (χ3n) is 3.13. The molecule has 2 unspecified atom stereocenters. The minimum Gasteiger partial charge on any atom is -0.381 e. The summed E-state index contributed by atoms with van der Waals surface area (Å²) in [5.41, 5.74) is 2.17. The number of nitrogens with one attached hydrogen (secondary N) is 1. The van der Waals surface area contributed by atoms with E-state index in [1.165, 1.54) is 6.42 Å². The van der Waals surface area contributed by atoms with Crippen LogP contribution >= 0.6 is 27.5 Å². The van der Waals surface area contributed by atoms with E-state index in [-0.39, 0.29) is 0 Å². The molecule has 90 valence electrons. The standard InChI is InChI=1S/C13H19BrClN/c1-5-8(2)10(4)16-13-7-12(15)9(3)6-11(13)14/h6-8,10,16H,5H2,1-4H3. The van der Waals surface area contributed by atoms with Gasteiger partial charge in [-0.3, -0.25) is 0 Å². The zero-order valence-corrected chi connectivity index (χ0v) is 12.6. The number of benzene rings is 1. The first-order chi connectivity index (χ1) is 7.45. The van der Waals surface area contributed by atoms with Crippen molar-refractivity contribution < 1.29 is 0 Å². The van der Waals surface area contributed by atoms with Gasteiger partial charge in [-0.05, 0) is 53.4 Å². The van der Waals surface area contributed by atoms with E-state index in [1.807, 2.05) is 19.1 Å². The highest BCUT2D eigenvalue weighted by Gasteiger charge is 2.12. The van der Waals surface area contributed by atoms with Gasteiger partial charge in [-0.15, -0.1) is 0 Å². The number of halogens is 2. The van der Waals surface area contributed by atoms with Crippen LogP contribution in [0.15, 0.2) is 16.6 Å². The molecular weight excluding hydrogens is 286 g/mol. The first-order valence-electron chi connectivity index (χ1n) is 5.67. The molecule has 1 N–H and O–H groups in total. The number of hydrogen-bond acceptors (Lipinski definition) is 1. The summed E-state index contributed by atoms with van der Waals surface area (Å²) in [6.45, 7) is 8.67. The maximum Gasteiger partial charge on any atom is 0.0501 e. The topological polar surface area (TPSA) is 12.0 Å². The molecule has 0 aromatic heterocycles. The van der Waals surface area contributed by atoms with Crippen LogP contribution in [0.4, 0.5) is 5.69 Å². The summed E-state index contributed by atoms with van der Waals surface area (Å²) in [5.74, 6) is 0.645. The predicted molar refractivity (Wildman–Crippen MR) is 76.4 cm³/mol. The maximum atomic E-state index is 6.12. The third-order valence-corrected chi connectivity index (χ3v) is 4.19. The first-order valence-corrected chi connectivity index (χ1v) is 6.85. The summed E-state index contributed by atoms with van der Waals surface area (Å²) in [6, 6.07) is 4.48. The Kier molecular flexibility index (Phi) is 5.13. The predicted octanol–water partition coefficient (Wildman–Crippen LogP) is 5.26. The Morgan fingerprint density at radius 2 is 2.00 bits per heavy atom. The number of anilines is 1. The zero-order valence-electron chi connectivity index (χ0n) is 10.3. The molecule has 2 atom stereocenters. The third kappa shape index (κ3) is 3.39. The average Bonchev–Trinajstić information content (AvgIpc) is 2.24. The number of rotatable bonds is 4. The van der Waals surface area contributed by atoms with Crippen molar-refractivity contribution in [2.45, 2.75) is 40.2 Å². The maximum absolute atomic E-state index is 6.12. The van der Waals surface area contributed by atoms with Gasteiger partial charge >= 0.3 is 0 Å². The Hall–Kier alpha value is -0.210. The molecule has 0 saturated carbocycles. The van der Waals surface area contributed by atoms with E-state index < -0.39 is 0 Å². The lowest BCUT2D eigenvalue weighted by molar-refractivity contribution is 0.494. The molecule has 0 saturated heterocycles. The summed E-state index contributed by atoms with van der Waals surface area (Å²) < 4.78 is 1.07. The van der Waals surface area contributed by atoms with E-state index in [1.54, 1.807) is 0 Å². The summed E-state index contributed by atoms with van der Waals surface area (Å²) in [4.78, 5) is 0. The summed E-state index contributed by atoms with van der Waals surface area (Å²) in [6.07, 6.45) is 1.17. The highest BCUT2D eigenvalue weighted by molar-refractivity contribution is 9.10. The molecule has 0 aliphatic carbocycles. The minimum atomic E-state index is 0.445. The van der Waals surface area contributed by atoms with Gasteiger partial charge in [0.1, 0.15) is 0 Å². The van der Waals surface area contributed by atoms with Gasteiger partial charge in [-0.25, -0.2) is 0 Å². The molecule has 1 aromatic carbocycles. The van der Waals surface area contributed by atoms with E-state index in [0.717, 1.165) is 20.7 Å². The fraction of sp³-hybridized carbons (Fsp3) is 0.538.